The number of nitrogens with zero attached hydrogens (tertiary/aromatic N) is 2. The van der Waals surface area contributed by atoms with Gasteiger partial charge in [0.1, 0.15) is 11.7 Å². The highest BCUT2D eigenvalue weighted by Crippen LogP contribution is 2.34. The van der Waals surface area contributed by atoms with Crippen LogP contribution in [0.2, 0.25) is 10.0 Å². The molecular weight excluding hydrogens is 417 g/mol. The maximum Gasteiger partial charge on any atom is 0.275 e. The van der Waals surface area contributed by atoms with Gasteiger partial charge < -0.3 is 20.7 Å². The summed E-state index contributed by atoms with van der Waals surface area (Å²) in [5.74, 6) is -0.754. The second-order valence-corrected chi connectivity index (χ2v) is 6.24. The minimum absolute atomic E-state index is 0. The lowest BCUT2D eigenvalue weighted by molar-refractivity contribution is -0.120. The maximum absolute atomic E-state index is 12.2. The quantitative estimate of drug-likeness (QED) is 0.685. The zero-order valence-corrected chi connectivity index (χ0v) is 16.2. The summed E-state index contributed by atoms with van der Waals surface area (Å²) in [6.45, 7) is 1.47. The fourth-order valence-corrected chi connectivity index (χ4v) is 2.90. The van der Waals surface area contributed by atoms with Gasteiger partial charge in [0, 0.05) is 24.6 Å². The Hall–Kier alpha value is -1.97. The van der Waals surface area contributed by atoms with E-state index in [2.05, 4.69) is 25.9 Å². The minimum atomic E-state index is -0.498. The first-order valence-electron chi connectivity index (χ1n) is 7.73. The van der Waals surface area contributed by atoms with Crippen LogP contribution in [0.5, 0.6) is 0 Å². The summed E-state index contributed by atoms with van der Waals surface area (Å²) in [6, 6.07) is 2.56. The highest BCUT2D eigenvalue weighted by molar-refractivity contribution is 6.40. The van der Waals surface area contributed by atoms with Gasteiger partial charge in [0.05, 0.1) is 35.1 Å². The third kappa shape index (κ3) is 5.50. The Morgan fingerprint density at radius 3 is 2.52 bits per heavy atom. The van der Waals surface area contributed by atoms with E-state index in [9.17, 15) is 9.59 Å². The fraction of sp³-hybridized carbons (Fsp3) is 0.250. The Bertz CT molecular complexity index is 793. The lowest BCUT2D eigenvalue weighted by atomic mass is 10.2. The average molecular weight is 433 g/mol. The van der Waals surface area contributed by atoms with Crippen LogP contribution >= 0.6 is 35.6 Å². The summed E-state index contributed by atoms with van der Waals surface area (Å²) < 4.78 is 5.26. The summed E-state index contributed by atoms with van der Waals surface area (Å²) >= 11 is 12.4. The van der Waals surface area contributed by atoms with E-state index >= 15 is 0 Å². The number of nitrogens with one attached hydrogen (secondary N) is 3. The fourth-order valence-electron chi connectivity index (χ4n) is 2.32. The molecule has 11 heteroatoms. The van der Waals surface area contributed by atoms with Crippen LogP contribution < -0.4 is 16.0 Å². The molecule has 1 unspecified atom stereocenters. The van der Waals surface area contributed by atoms with Gasteiger partial charge >= 0.3 is 0 Å². The Labute approximate surface area is 171 Å². The smallest absolute Gasteiger partial charge is 0.275 e. The first-order chi connectivity index (χ1) is 12.5. The number of ether oxygens (including phenoxy) is 1. The number of halogens is 3. The standard InChI is InChI=1S/C16H15Cl2N5O3.ClH/c17-10-5-9(22-16(25)13-8-26-4-3-21-13)6-11(18)14(10)23-15(24)12-7-19-1-2-20-12;/h1-2,5-7,13,21H,3-4,8H2,(H,22,25)(H,23,24);1H. The SMILES string of the molecule is Cl.O=C(Nc1c(Cl)cc(NC(=O)C2COCCN2)cc1Cl)c1cnccn1. The van der Waals surface area contributed by atoms with Crippen LogP contribution in [0.25, 0.3) is 0 Å². The molecule has 27 heavy (non-hydrogen) atoms. The third-order valence-corrected chi connectivity index (χ3v) is 4.18. The van der Waals surface area contributed by atoms with Crippen molar-refractivity contribution in [1.29, 1.82) is 0 Å². The number of carbonyl (C=O) groups excluding carboxylic acids is 2. The van der Waals surface area contributed by atoms with Crippen molar-refractivity contribution in [1.82, 2.24) is 15.3 Å². The molecule has 0 bridgehead atoms. The van der Waals surface area contributed by atoms with Crippen LogP contribution in [-0.2, 0) is 9.53 Å². The van der Waals surface area contributed by atoms with Gasteiger partial charge in [-0.3, -0.25) is 14.6 Å². The number of hydrogen-bond donors (Lipinski definition) is 3. The van der Waals surface area contributed by atoms with Gasteiger partial charge in [-0.2, -0.15) is 0 Å². The van der Waals surface area contributed by atoms with E-state index in [1.54, 1.807) is 0 Å². The van der Waals surface area contributed by atoms with E-state index < -0.39 is 11.9 Å². The summed E-state index contributed by atoms with van der Waals surface area (Å²) in [4.78, 5) is 32.1. The number of amides is 2. The van der Waals surface area contributed by atoms with Gasteiger partial charge in [-0.15, -0.1) is 12.4 Å². The van der Waals surface area contributed by atoms with Crippen LogP contribution in [0.4, 0.5) is 11.4 Å². The molecule has 1 aliphatic heterocycles. The van der Waals surface area contributed by atoms with Crippen molar-refractivity contribution >= 4 is 58.8 Å². The molecule has 0 saturated carbocycles. The Balaban J connectivity index is 0.00000261. The number of benzene rings is 1. The lowest BCUT2D eigenvalue weighted by Gasteiger charge is -2.23. The number of anilines is 2. The molecule has 1 aliphatic rings. The summed E-state index contributed by atoms with van der Waals surface area (Å²) in [5, 5.41) is 8.72. The molecule has 1 atom stereocenters. The topological polar surface area (TPSA) is 105 Å². The second-order valence-electron chi connectivity index (χ2n) is 5.43. The highest BCUT2D eigenvalue weighted by Gasteiger charge is 2.22. The molecule has 1 aromatic heterocycles. The number of carbonyl (C=O) groups is 2. The maximum atomic E-state index is 12.2. The average Bonchev–Trinajstić information content (AvgIpc) is 2.66. The first-order valence-corrected chi connectivity index (χ1v) is 8.48. The van der Waals surface area contributed by atoms with Crippen molar-refractivity contribution in [3.8, 4) is 0 Å². The molecule has 1 fully saturated rings. The van der Waals surface area contributed by atoms with Gasteiger partial charge in [0.25, 0.3) is 5.91 Å². The summed E-state index contributed by atoms with van der Waals surface area (Å²) in [7, 11) is 0. The largest absolute Gasteiger partial charge is 0.378 e. The molecule has 0 spiro atoms. The third-order valence-electron chi connectivity index (χ3n) is 3.58. The number of hydrogen-bond acceptors (Lipinski definition) is 6. The van der Waals surface area contributed by atoms with Gasteiger partial charge in [-0.1, -0.05) is 23.2 Å². The first kappa shape index (κ1) is 21.3. The van der Waals surface area contributed by atoms with Crippen molar-refractivity contribution in [3.63, 3.8) is 0 Å². The van der Waals surface area contributed by atoms with E-state index in [1.165, 1.54) is 30.7 Å². The minimum Gasteiger partial charge on any atom is -0.378 e. The van der Waals surface area contributed by atoms with Crippen molar-refractivity contribution < 1.29 is 14.3 Å². The number of morpholine rings is 1. The second kappa shape index (κ2) is 9.82. The van der Waals surface area contributed by atoms with Crippen LogP contribution in [-0.4, -0.2) is 47.6 Å². The zero-order chi connectivity index (χ0) is 18.5. The molecule has 8 nitrogen and oxygen atoms in total. The molecule has 1 aromatic carbocycles. The molecule has 3 rings (SSSR count). The van der Waals surface area contributed by atoms with Gasteiger partial charge in [-0.05, 0) is 12.1 Å². The Morgan fingerprint density at radius 1 is 1.19 bits per heavy atom. The molecule has 2 amide bonds. The molecule has 2 aromatic rings. The number of aromatic nitrogens is 2. The number of rotatable bonds is 4. The molecule has 0 radical (unpaired) electrons. The Morgan fingerprint density at radius 2 is 1.93 bits per heavy atom. The predicted molar refractivity (Wildman–Crippen MR) is 105 cm³/mol. The molecule has 2 heterocycles. The van der Waals surface area contributed by atoms with Crippen molar-refractivity contribution in [2.24, 2.45) is 0 Å². The molecule has 3 N–H and O–H groups in total. The van der Waals surface area contributed by atoms with Crippen LogP contribution in [0.3, 0.4) is 0 Å². The molecule has 1 saturated heterocycles. The van der Waals surface area contributed by atoms with Crippen molar-refractivity contribution in [2.45, 2.75) is 6.04 Å². The van der Waals surface area contributed by atoms with Gasteiger partial charge in [0.2, 0.25) is 5.91 Å². The molecular formula is C16H16Cl3N5O3. The van der Waals surface area contributed by atoms with E-state index in [0.29, 0.717) is 25.4 Å². The predicted octanol–water partition coefficient (Wildman–Crippen LogP) is 2.38. The molecule has 144 valence electrons. The highest BCUT2D eigenvalue weighted by atomic mass is 35.5. The normalized spacial score (nSPS) is 16.1. The summed E-state index contributed by atoms with van der Waals surface area (Å²) in [6.07, 6.45) is 4.19. The van der Waals surface area contributed by atoms with E-state index in [1.807, 2.05) is 0 Å². The lowest BCUT2D eigenvalue weighted by Crippen LogP contribution is -2.48. The van der Waals surface area contributed by atoms with Crippen LogP contribution in [0.15, 0.2) is 30.7 Å². The van der Waals surface area contributed by atoms with Crippen LogP contribution in [0.1, 0.15) is 10.5 Å². The van der Waals surface area contributed by atoms with E-state index in [4.69, 9.17) is 27.9 Å². The van der Waals surface area contributed by atoms with E-state index in [-0.39, 0.29) is 39.7 Å². The van der Waals surface area contributed by atoms with Crippen molar-refractivity contribution in [3.05, 3.63) is 46.5 Å². The van der Waals surface area contributed by atoms with Crippen LogP contribution in [0, 0.1) is 0 Å². The van der Waals surface area contributed by atoms with Crippen molar-refractivity contribution in [2.75, 3.05) is 30.4 Å². The zero-order valence-electron chi connectivity index (χ0n) is 13.9. The van der Waals surface area contributed by atoms with Gasteiger partial charge in [0.15, 0.2) is 0 Å². The monoisotopic (exact) mass is 431 g/mol. The van der Waals surface area contributed by atoms with Gasteiger partial charge in [-0.25, -0.2) is 4.98 Å². The summed E-state index contributed by atoms with van der Waals surface area (Å²) in [5.41, 5.74) is 0.761. The van der Waals surface area contributed by atoms with E-state index in [0.717, 1.165) is 0 Å². The molecule has 0 aliphatic carbocycles. The Kier molecular flexibility index (Phi) is 7.76.